The van der Waals surface area contributed by atoms with E-state index in [-0.39, 0.29) is 11.9 Å². The van der Waals surface area contributed by atoms with Crippen LogP contribution in [0.1, 0.15) is 26.2 Å². The minimum absolute atomic E-state index is 0.0866. The molecule has 0 radical (unpaired) electrons. The van der Waals surface area contributed by atoms with Gasteiger partial charge in [-0.3, -0.25) is 4.79 Å². The predicted octanol–water partition coefficient (Wildman–Crippen LogP) is 2.90. The van der Waals surface area contributed by atoms with E-state index in [1.165, 1.54) is 0 Å². The third kappa shape index (κ3) is 3.90. The van der Waals surface area contributed by atoms with Crippen LogP contribution in [0.2, 0.25) is 10.0 Å². The second-order valence-corrected chi connectivity index (χ2v) is 5.57. The monoisotopic (exact) mass is 316 g/mol. The number of anilines is 2. The van der Waals surface area contributed by atoms with Crippen molar-refractivity contribution in [3.8, 4) is 0 Å². The lowest BCUT2D eigenvalue weighted by molar-refractivity contribution is -0.122. The van der Waals surface area contributed by atoms with E-state index < -0.39 is 0 Å². The van der Waals surface area contributed by atoms with Crippen LogP contribution >= 0.6 is 23.2 Å². The highest BCUT2D eigenvalue weighted by atomic mass is 35.5. The molecular weight excluding hydrogens is 299 g/mol. The normalized spacial score (nSPS) is 18.6. The SMILES string of the molecule is CCCNc1nc(NC2CCC(=O)NC2)c(Cl)cc1Cl. The molecule has 0 aromatic carbocycles. The van der Waals surface area contributed by atoms with Gasteiger partial charge in [0.25, 0.3) is 0 Å². The fourth-order valence-corrected chi connectivity index (χ4v) is 2.46. The van der Waals surface area contributed by atoms with Gasteiger partial charge in [0.15, 0.2) is 0 Å². The molecule has 0 saturated carbocycles. The maximum absolute atomic E-state index is 11.1. The number of halogens is 2. The third-order valence-corrected chi connectivity index (χ3v) is 3.65. The summed E-state index contributed by atoms with van der Waals surface area (Å²) in [5, 5.41) is 10.2. The standard InChI is InChI=1S/C13H18Cl2N4O/c1-2-5-16-12-9(14)6-10(15)13(19-12)18-8-3-4-11(20)17-7-8/h6,8H,2-5,7H2,1H3,(H,17,20)(H2,16,18,19). The highest BCUT2D eigenvalue weighted by Crippen LogP contribution is 2.30. The molecule has 0 spiro atoms. The summed E-state index contributed by atoms with van der Waals surface area (Å²) in [4.78, 5) is 15.6. The van der Waals surface area contributed by atoms with E-state index in [1.54, 1.807) is 6.07 Å². The van der Waals surface area contributed by atoms with Gasteiger partial charge >= 0.3 is 0 Å². The van der Waals surface area contributed by atoms with Gasteiger partial charge in [0.2, 0.25) is 5.91 Å². The molecule has 1 aromatic heterocycles. The van der Waals surface area contributed by atoms with Gasteiger partial charge in [-0.1, -0.05) is 30.1 Å². The zero-order valence-electron chi connectivity index (χ0n) is 11.3. The van der Waals surface area contributed by atoms with Crippen molar-refractivity contribution in [3.05, 3.63) is 16.1 Å². The number of piperidine rings is 1. The molecule has 5 nitrogen and oxygen atoms in total. The Balaban J connectivity index is 2.08. The summed E-state index contributed by atoms with van der Waals surface area (Å²) >= 11 is 12.3. The second-order valence-electron chi connectivity index (χ2n) is 4.76. The first-order valence-corrected chi connectivity index (χ1v) is 7.49. The number of hydrogen-bond acceptors (Lipinski definition) is 4. The van der Waals surface area contributed by atoms with Crippen LogP contribution in [-0.4, -0.2) is 30.0 Å². The molecule has 20 heavy (non-hydrogen) atoms. The topological polar surface area (TPSA) is 66.0 Å². The Bertz CT molecular complexity index is 486. The van der Waals surface area contributed by atoms with Crippen molar-refractivity contribution < 1.29 is 4.79 Å². The molecule has 1 atom stereocenters. The van der Waals surface area contributed by atoms with Gasteiger partial charge in [-0.15, -0.1) is 0 Å². The Kier molecular flexibility index (Phi) is 5.31. The molecule has 1 aliphatic heterocycles. The minimum atomic E-state index is 0.0866. The average molecular weight is 317 g/mol. The lowest BCUT2D eigenvalue weighted by Gasteiger charge is -2.24. The smallest absolute Gasteiger partial charge is 0.220 e. The van der Waals surface area contributed by atoms with Gasteiger partial charge in [0.1, 0.15) is 11.6 Å². The van der Waals surface area contributed by atoms with Crippen LogP contribution in [0.25, 0.3) is 0 Å². The number of carbonyl (C=O) groups excluding carboxylic acids is 1. The number of pyridine rings is 1. The molecule has 3 N–H and O–H groups in total. The summed E-state index contributed by atoms with van der Waals surface area (Å²) in [7, 11) is 0. The number of carbonyl (C=O) groups is 1. The molecular formula is C13H18Cl2N4O. The van der Waals surface area contributed by atoms with Crippen LogP contribution in [0.4, 0.5) is 11.6 Å². The summed E-state index contributed by atoms with van der Waals surface area (Å²) in [6, 6.07) is 1.82. The summed E-state index contributed by atoms with van der Waals surface area (Å²) < 4.78 is 0. The first-order chi connectivity index (χ1) is 9.60. The van der Waals surface area contributed by atoms with Crippen molar-refractivity contribution >= 4 is 40.7 Å². The van der Waals surface area contributed by atoms with Crippen LogP contribution < -0.4 is 16.0 Å². The maximum Gasteiger partial charge on any atom is 0.220 e. The van der Waals surface area contributed by atoms with Crippen LogP contribution in [0.3, 0.4) is 0 Å². The highest BCUT2D eigenvalue weighted by Gasteiger charge is 2.19. The molecule has 1 aromatic rings. The molecule has 7 heteroatoms. The number of amides is 1. The van der Waals surface area contributed by atoms with Crippen molar-refractivity contribution in [2.24, 2.45) is 0 Å². The number of nitrogens with one attached hydrogen (secondary N) is 3. The summed E-state index contributed by atoms with van der Waals surface area (Å²) in [6.07, 6.45) is 2.27. The van der Waals surface area contributed by atoms with Crippen molar-refractivity contribution in [2.75, 3.05) is 23.7 Å². The molecule has 0 aliphatic carbocycles. The Morgan fingerprint density at radius 2 is 2.15 bits per heavy atom. The first-order valence-electron chi connectivity index (χ1n) is 6.73. The van der Waals surface area contributed by atoms with E-state index in [0.717, 1.165) is 19.4 Å². The highest BCUT2D eigenvalue weighted by molar-refractivity contribution is 6.37. The zero-order valence-corrected chi connectivity index (χ0v) is 12.8. The van der Waals surface area contributed by atoms with Crippen molar-refractivity contribution in [2.45, 2.75) is 32.2 Å². The van der Waals surface area contributed by atoms with E-state index in [9.17, 15) is 4.79 Å². The van der Waals surface area contributed by atoms with E-state index in [4.69, 9.17) is 23.2 Å². The van der Waals surface area contributed by atoms with E-state index in [0.29, 0.717) is 34.6 Å². The molecule has 1 fully saturated rings. The molecule has 1 aliphatic rings. The van der Waals surface area contributed by atoms with Gasteiger partial charge < -0.3 is 16.0 Å². The fourth-order valence-electron chi connectivity index (χ4n) is 1.98. The van der Waals surface area contributed by atoms with Gasteiger partial charge in [-0.25, -0.2) is 4.98 Å². The van der Waals surface area contributed by atoms with Crippen LogP contribution in [0.5, 0.6) is 0 Å². The molecule has 1 unspecified atom stereocenters. The van der Waals surface area contributed by atoms with Crippen LogP contribution in [0.15, 0.2) is 6.07 Å². The molecule has 110 valence electrons. The molecule has 0 bridgehead atoms. The largest absolute Gasteiger partial charge is 0.369 e. The van der Waals surface area contributed by atoms with E-state index >= 15 is 0 Å². The van der Waals surface area contributed by atoms with Crippen LogP contribution in [0, 0.1) is 0 Å². The number of nitrogens with zero attached hydrogens (tertiary/aromatic N) is 1. The van der Waals surface area contributed by atoms with E-state index in [2.05, 4.69) is 27.9 Å². The van der Waals surface area contributed by atoms with Gasteiger partial charge in [-0.05, 0) is 18.9 Å². The molecule has 1 amide bonds. The quantitative estimate of drug-likeness (QED) is 0.781. The fraction of sp³-hybridized carbons (Fsp3) is 0.538. The third-order valence-electron chi connectivity index (χ3n) is 3.08. The van der Waals surface area contributed by atoms with Crippen molar-refractivity contribution in [1.29, 1.82) is 0 Å². The predicted molar refractivity (Wildman–Crippen MR) is 82.7 cm³/mol. The van der Waals surface area contributed by atoms with Crippen LogP contribution in [-0.2, 0) is 4.79 Å². The van der Waals surface area contributed by atoms with Gasteiger partial charge in [0.05, 0.1) is 10.0 Å². The van der Waals surface area contributed by atoms with Crippen molar-refractivity contribution in [3.63, 3.8) is 0 Å². The lowest BCUT2D eigenvalue weighted by atomic mass is 10.1. The number of rotatable bonds is 5. The summed E-state index contributed by atoms with van der Waals surface area (Å²) in [5.74, 6) is 1.31. The Morgan fingerprint density at radius 3 is 2.80 bits per heavy atom. The average Bonchev–Trinajstić information content (AvgIpc) is 2.43. The second kappa shape index (κ2) is 6.99. The first kappa shape index (κ1) is 15.2. The molecule has 1 saturated heterocycles. The minimum Gasteiger partial charge on any atom is -0.369 e. The molecule has 2 rings (SSSR count). The Labute approximate surface area is 128 Å². The maximum atomic E-state index is 11.1. The Hall–Kier alpha value is -1.20. The zero-order chi connectivity index (χ0) is 14.5. The summed E-state index contributed by atoms with van der Waals surface area (Å²) in [6.45, 7) is 3.45. The Morgan fingerprint density at radius 1 is 1.40 bits per heavy atom. The number of hydrogen-bond donors (Lipinski definition) is 3. The molecule has 2 heterocycles. The summed E-state index contributed by atoms with van der Waals surface area (Å²) in [5.41, 5.74) is 0. The van der Waals surface area contributed by atoms with Gasteiger partial charge in [0, 0.05) is 25.6 Å². The number of aromatic nitrogens is 1. The lowest BCUT2D eigenvalue weighted by Crippen LogP contribution is -2.42. The van der Waals surface area contributed by atoms with Crippen molar-refractivity contribution in [1.82, 2.24) is 10.3 Å². The van der Waals surface area contributed by atoms with E-state index in [1.807, 2.05) is 0 Å². The van der Waals surface area contributed by atoms with Gasteiger partial charge in [-0.2, -0.15) is 0 Å².